The second-order valence-electron chi connectivity index (χ2n) is 6.24. The normalized spacial score (nSPS) is 14.7. The molecule has 0 unspecified atom stereocenters. The van der Waals surface area contributed by atoms with Gasteiger partial charge in [-0.2, -0.15) is 5.26 Å². The summed E-state index contributed by atoms with van der Waals surface area (Å²) >= 11 is 0. The number of anilines is 1. The molecule has 0 aromatic heterocycles. The number of nitriles is 1. The molecular formula is C20H19N3O2. The largest absolute Gasteiger partial charge is 0.338 e. The van der Waals surface area contributed by atoms with E-state index in [-0.39, 0.29) is 0 Å². The monoisotopic (exact) mass is 333 g/mol. The van der Waals surface area contributed by atoms with Crippen molar-refractivity contribution in [2.75, 3.05) is 5.32 Å². The molecule has 2 aromatic carbocycles. The Morgan fingerprint density at radius 1 is 1.00 bits per heavy atom. The smallest absolute Gasteiger partial charge is 0.313 e. The Hall–Kier alpha value is -3.13. The van der Waals surface area contributed by atoms with E-state index in [1.54, 1.807) is 24.3 Å². The van der Waals surface area contributed by atoms with Crippen molar-refractivity contribution in [3.8, 4) is 6.07 Å². The number of amides is 2. The number of hydrogen-bond donors (Lipinski definition) is 2. The molecule has 0 atom stereocenters. The lowest BCUT2D eigenvalue weighted by Gasteiger charge is -2.42. The highest BCUT2D eigenvalue weighted by Gasteiger charge is 2.41. The van der Waals surface area contributed by atoms with Crippen molar-refractivity contribution in [3.05, 3.63) is 65.7 Å². The maximum absolute atomic E-state index is 12.3. The first-order valence-electron chi connectivity index (χ1n) is 8.28. The lowest BCUT2D eigenvalue weighted by Crippen LogP contribution is -2.53. The SMILES string of the molecule is N#CCc1ccc(NC(=O)C(=O)NC2(c3ccccc3)CCC2)cc1. The highest BCUT2D eigenvalue weighted by atomic mass is 16.2. The van der Waals surface area contributed by atoms with E-state index in [1.807, 2.05) is 30.3 Å². The third-order valence-electron chi connectivity index (χ3n) is 4.59. The van der Waals surface area contributed by atoms with Gasteiger partial charge in [-0.05, 0) is 42.5 Å². The van der Waals surface area contributed by atoms with E-state index < -0.39 is 17.4 Å². The van der Waals surface area contributed by atoms with Gasteiger partial charge in [0.1, 0.15) is 0 Å². The van der Waals surface area contributed by atoms with Crippen LogP contribution in [0, 0.1) is 11.3 Å². The molecule has 0 radical (unpaired) electrons. The van der Waals surface area contributed by atoms with Crippen LogP contribution in [0.5, 0.6) is 0 Å². The van der Waals surface area contributed by atoms with Gasteiger partial charge in [-0.3, -0.25) is 9.59 Å². The van der Waals surface area contributed by atoms with E-state index in [2.05, 4.69) is 16.7 Å². The Morgan fingerprint density at radius 3 is 2.24 bits per heavy atom. The van der Waals surface area contributed by atoms with Crippen LogP contribution in [0.2, 0.25) is 0 Å². The minimum absolute atomic E-state index is 0.314. The molecule has 3 rings (SSSR count). The summed E-state index contributed by atoms with van der Waals surface area (Å²) in [6.45, 7) is 0. The van der Waals surface area contributed by atoms with E-state index in [0.717, 1.165) is 30.4 Å². The predicted octanol–water partition coefficient (Wildman–Crippen LogP) is 2.89. The topological polar surface area (TPSA) is 82.0 Å². The molecule has 1 saturated carbocycles. The lowest BCUT2D eigenvalue weighted by atomic mass is 9.72. The number of hydrogen-bond acceptors (Lipinski definition) is 3. The third-order valence-corrected chi connectivity index (χ3v) is 4.59. The number of benzene rings is 2. The number of nitrogens with one attached hydrogen (secondary N) is 2. The molecule has 1 fully saturated rings. The fourth-order valence-corrected chi connectivity index (χ4v) is 3.03. The molecule has 0 heterocycles. The maximum Gasteiger partial charge on any atom is 0.313 e. The third kappa shape index (κ3) is 3.69. The average molecular weight is 333 g/mol. The van der Waals surface area contributed by atoms with Crippen molar-refractivity contribution >= 4 is 17.5 Å². The maximum atomic E-state index is 12.3. The highest BCUT2D eigenvalue weighted by molar-refractivity contribution is 6.39. The van der Waals surface area contributed by atoms with Crippen LogP contribution in [-0.2, 0) is 21.5 Å². The molecule has 1 aliphatic carbocycles. The first-order valence-corrected chi connectivity index (χ1v) is 8.28. The molecule has 1 aliphatic rings. The van der Waals surface area contributed by atoms with Crippen LogP contribution in [0.4, 0.5) is 5.69 Å². The van der Waals surface area contributed by atoms with E-state index in [0.29, 0.717) is 12.1 Å². The van der Waals surface area contributed by atoms with Gasteiger partial charge < -0.3 is 10.6 Å². The molecule has 2 N–H and O–H groups in total. The van der Waals surface area contributed by atoms with Gasteiger partial charge in [-0.15, -0.1) is 0 Å². The van der Waals surface area contributed by atoms with Crippen LogP contribution in [0.1, 0.15) is 30.4 Å². The Morgan fingerprint density at radius 2 is 1.68 bits per heavy atom. The highest BCUT2D eigenvalue weighted by Crippen LogP contribution is 2.41. The van der Waals surface area contributed by atoms with Gasteiger partial charge >= 0.3 is 11.8 Å². The fraction of sp³-hybridized carbons (Fsp3) is 0.250. The molecule has 126 valence electrons. The van der Waals surface area contributed by atoms with Crippen molar-refractivity contribution in [2.45, 2.75) is 31.2 Å². The minimum atomic E-state index is -0.685. The lowest BCUT2D eigenvalue weighted by molar-refractivity contribution is -0.138. The number of carbonyl (C=O) groups is 2. The summed E-state index contributed by atoms with van der Waals surface area (Å²) in [5.74, 6) is -1.32. The van der Waals surface area contributed by atoms with Gasteiger partial charge in [0.25, 0.3) is 0 Å². The summed E-state index contributed by atoms with van der Waals surface area (Å²) in [6.07, 6.45) is 3.00. The van der Waals surface area contributed by atoms with Crippen LogP contribution in [-0.4, -0.2) is 11.8 Å². The molecule has 0 saturated heterocycles. The number of nitrogens with zero attached hydrogens (tertiary/aromatic N) is 1. The van der Waals surface area contributed by atoms with Gasteiger partial charge in [0.15, 0.2) is 0 Å². The van der Waals surface area contributed by atoms with E-state index in [4.69, 9.17) is 5.26 Å². The average Bonchev–Trinajstić information content (AvgIpc) is 2.60. The van der Waals surface area contributed by atoms with Crippen molar-refractivity contribution in [1.29, 1.82) is 5.26 Å². The Bertz CT molecular complexity index is 803. The summed E-state index contributed by atoms with van der Waals surface area (Å²) in [5.41, 5.74) is 1.99. The number of carbonyl (C=O) groups excluding carboxylic acids is 2. The first kappa shape index (κ1) is 16.7. The van der Waals surface area contributed by atoms with Crippen LogP contribution in [0.25, 0.3) is 0 Å². The van der Waals surface area contributed by atoms with E-state index in [1.165, 1.54) is 0 Å². The molecule has 0 bridgehead atoms. The van der Waals surface area contributed by atoms with Crippen LogP contribution < -0.4 is 10.6 Å². The Kier molecular flexibility index (Phi) is 4.80. The van der Waals surface area contributed by atoms with E-state index in [9.17, 15) is 9.59 Å². The Balaban J connectivity index is 1.64. The van der Waals surface area contributed by atoms with Gasteiger partial charge in [0, 0.05) is 5.69 Å². The Labute approximate surface area is 146 Å². The molecule has 2 amide bonds. The van der Waals surface area contributed by atoms with E-state index >= 15 is 0 Å². The molecule has 0 spiro atoms. The van der Waals surface area contributed by atoms with Gasteiger partial charge in [-0.1, -0.05) is 42.5 Å². The summed E-state index contributed by atoms with van der Waals surface area (Å²) < 4.78 is 0. The molecule has 5 heteroatoms. The summed E-state index contributed by atoms with van der Waals surface area (Å²) in [7, 11) is 0. The van der Waals surface area contributed by atoms with Crippen molar-refractivity contribution in [2.24, 2.45) is 0 Å². The van der Waals surface area contributed by atoms with Crippen LogP contribution >= 0.6 is 0 Å². The second kappa shape index (κ2) is 7.18. The van der Waals surface area contributed by atoms with Gasteiger partial charge in [0.2, 0.25) is 0 Å². The van der Waals surface area contributed by atoms with Gasteiger partial charge in [0.05, 0.1) is 18.0 Å². The van der Waals surface area contributed by atoms with Crippen molar-refractivity contribution in [3.63, 3.8) is 0 Å². The first-order chi connectivity index (χ1) is 12.1. The van der Waals surface area contributed by atoms with Crippen molar-refractivity contribution in [1.82, 2.24) is 5.32 Å². The molecule has 5 nitrogen and oxygen atoms in total. The standard InChI is InChI=1S/C20H19N3O2/c21-14-11-15-7-9-17(10-8-15)22-18(24)19(25)23-20(12-4-13-20)16-5-2-1-3-6-16/h1-3,5-10H,4,11-13H2,(H,22,24)(H,23,25). The van der Waals surface area contributed by atoms with Crippen LogP contribution in [0.15, 0.2) is 54.6 Å². The molecule has 0 aliphatic heterocycles. The summed E-state index contributed by atoms with van der Waals surface area (Å²) in [6, 6.07) is 18.7. The molecular weight excluding hydrogens is 314 g/mol. The fourth-order valence-electron chi connectivity index (χ4n) is 3.03. The molecule has 25 heavy (non-hydrogen) atoms. The quantitative estimate of drug-likeness (QED) is 0.844. The zero-order valence-corrected chi connectivity index (χ0v) is 13.8. The number of rotatable bonds is 4. The zero-order chi connectivity index (χ0) is 17.7. The summed E-state index contributed by atoms with van der Waals surface area (Å²) in [5, 5.41) is 14.2. The zero-order valence-electron chi connectivity index (χ0n) is 13.8. The molecule has 2 aromatic rings. The summed E-state index contributed by atoms with van der Waals surface area (Å²) in [4.78, 5) is 24.5. The predicted molar refractivity (Wildman–Crippen MR) is 94.5 cm³/mol. The second-order valence-corrected chi connectivity index (χ2v) is 6.24. The van der Waals surface area contributed by atoms with Gasteiger partial charge in [-0.25, -0.2) is 0 Å². The minimum Gasteiger partial charge on any atom is -0.338 e. The van der Waals surface area contributed by atoms with Crippen molar-refractivity contribution < 1.29 is 9.59 Å². The van der Waals surface area contributed by atoms with Crippen LogP contribution in [0.3, 0.4) is 0 Å².